The minimum absolute atomic E-state index is 0.000110. The zero-order valence-corrected chi connectivity index (χ0v) is 17.1. The number of hydrogen-bond donors (Lipinski definition) is 2. The lowest BCUT2D eigenvalue weighted by Gasteiger charge is -2.21. The number of hydrogen-bond acceptors (Lipinski definition) is 4. The first-order valence-electron chi connectivity index (χ1n) is 9.99. The molecule has 0 spiro atoms. The molecule has 1 aliphatic heterocycles. The highest BCUT2D eigenvalue weighted by molar-refractivity contribution is 5.99. The van der Waals surface area contributed by atoms with Gasteiger partial charge in [-0.3, -0.25) is 14.6 Å². The molecule has 0 aliphatic carbocycles. The molecule has 3 aromatic rings. The number of nitrogens with two attached hydrogens (primary N) is 1. The van der Waals surface area contributed by atoms with Gasteiger partial charge in [0.25, 0.3) is 11.8 Å². The summed E-state index contributed by atoms with van der Waals surface area (Å²) in [5.41, 5.74) is 10.3. The third-order valence-electron chi connectivity index (χ3n) is 5.61. The molecule has 4 rings (SSSR count). The van der Waals surface area contributed by atoms with E-state index < -0.39 is 5.91 Å². The van der Waals surface area contributed by atoms with Crippen molar-refractivity contribution in [3.63, 3.8) is 0 Å². The monoisotopic (exact) mass is 403 g/mol. The van der Waals surface area contributed by atoms with Crippen LogP contribution < -0.4 is 16.0 Å². The van der Waals surface area contributed by atoms with Crippen LogP contribution in [0.4, 0.5) is 5.69 Å². The van der Waals surface area contributed by atoms with Crippen LogP contribution in [-0.2, 0) is 0 Å². The van der Waals surface area contributed by atoms with Crippen LogP contribution in [0.2, 0.25) is 0 Å². The van der Waals surface area contributed by atoms with E-state index in [9.17, 15) is 9.59 Å². The number of pyridine rings is 1. The van der Waals surface area contributed by atoms with Crippen molar-refractivity contribution in [2.45, 2.75) is 26.3 Å². The first-order valence-corrected chi connectivity index (χ1v) is 9.99. The van der Waals surface area contributed by atoms with Crippen molar-refractivity contribution < 1.29 is 9.59 Å². The van der Waals surface area contributed by atoms with Gasteiger partial charge < -0.3 is 20.5 Å². The molecule has 3 heterocycles. The van der Waals surface area contributed by atoms with E-state index in [-0.39, 0.29) is 11.9 Å². The molecule has 0 bridgehead atoms. The first-order chi connectivity index (χ1) is 14.5. The second kappa shape index (κ2) is 8.02. The van der Waals surface area contributed by atoms with Crippen LogP contribution in [0.1, 0.15) is 38.5 Å². The Morgan fingerprint density at radius 3 is 2.67 bits per heavy atom. The van der Waals surface area contributed by atoms with E-state index in [0.717, 1.165) is 35.7 Å². The van der Waals surface area contributed by atoms with Crippen molar-refractivity contribution in [2.75, 3.05) is 18.0 Å². The number of para-hydroxylation sites is 1. The molecular weight excluding hydrogens is 378 g/mol. The van der Waals surface area contributed by atoms with E-state index in [0.29, 0.717) is 17.7 Å². The van der Waals surface area contributed by atoms with Gasteiger partial charge in [0.2, 0.25) is 0 Å². The lowest BCUT2D eigenvalue weighted by atomic mass is 10.1. The Bertz CT molecular complexity index is 1090. The van der Waals surface area contributed by atoms with Crippen molar-refractivity contribution in [3.05, 3.63) is 77.4 Å². The van der Waals surface area contributed by atoms with Crippen molar-refractivity contribution in [2.24, 2.45) is 5.73 Å². The molecule has 1 atom stereocenters. The Kier molecular flexibility index (Phi) is 5.27. The average molecular weight is 403 g/mol. The van der Waals surface area contributed by atoms with E-state index in [2.05, 4.69) is 15.2 Å². The van der Waals surface area contributed by atoms with Crippen LogP contribution in [0.25, 0.3) is 5.69 Å². The standard InChI is InChI=1S/C23H25N5O2/c1-15-12-20(16(2)28(15)18-6-5-10-25-13-18)23(30)26-17-9-11-27(14-17)21-8-4-3-7-19(21)22(24)29/h3-8,10,12-13,17H,9,11,14H2,1-2H3,(H2,24,29)(H,26,30). The van der Waals surface area contributed by atoms with Crippen molar-refractivity contribution >= 4 is 17.5 Å². The molecule has 2 aromatic heterocycles. The van der Waals surface area contributed by atoms with Crippen molar-refractivity contribution in [1.82, 2.24) is 14.9 Å². The van der Waals surface area contributed by atoms with Gasteiger partial charge in [0.15, 0.2) is 0 Å². The minimum Gasteiger partial charge on any atom is -0.369 e. The fourth-order valence-corrected chi connectivity index (χ4v) is 4.19. The van der Waals surface area contributed by atoms with E-state index in [4.69, 9.17) is 5.73 Å². The van der Waals surface area contributed by atoms with Gasteiger partial charge in [-0.2, -0.15) is 0 Å². The van der Waals surface area contributed by atoms with Crippen LogP contribution >= 0.6 is 0 Å². The van der Waals surface area contributed by atoms with E-state index >= 15 is 0 Å². The summed E-state index contributed by atoms with van der Waals surface area (Å²) in [6, 6.07) is 13.1. The maximum atomic E-state index is 13.0. The predicted molar refractivity (Wildman–Crippen MR) is 116 cm³/mol. The van der Waals surface area contributed by atoms with Gasteiger partial charge in [-0.05, 0) is 50.6 Å². The van der Waals surface area contributed by atoms with Crippen molar-refractivity contribution in [3.8, 4) is 5.69 Å². The largest absolute Gasteiger partial charge is 0.369 e. The predicted octanol–water partition coefficient (Wildman–Crippen LogP) is 2.60. The molecule has 1 saturated heterocycles. The normalized spacial score (nSPS) is 15.9. The Balaban J connectivity index is 1.49. The summed E-state index contributed by atoms with van der Waals surface area (Å²) in [4.78, 5) is 31.0. The highest BCUT2D eigenvalue weighted by atomic mass is 16.2. The smallest absolute Gasteiger partial charge is 0.253 e. The second-order valence-corrected chi connectivity index (χ2v) is 7.62. The molecular formula is C23H25N5O2. The zero-order valence-electron chi connectivity index (χ0n) is 17.1. The summed E-state index contributed by atoms with van der Waals surface area (Å²) in [7, 11) is 0. The number of nitrogens with zero attached hydrogens (tertiary/aromatic N) is 3. The first kappa shape index (κ1) is 19.7. The fraction of sp³-hybridized carbons (Fsp3) is 0.261. The van der Waals surface area contributed by atoms with E-state index in [1.54, 1.807) is 24.5 Å². The Morgan fingerprint density at radius 1 is 1.13 bits per heavy atom. The number of primary amides is 1. The highest BCUT2D eigenvalue weighted by Gasteiger charge is 2.27. The molecule has 0 saturated carbocycles. The molecule has 1 fully saturated rings. The van der Waals surface area contributed by atoms with Crippen LogP contribution in [0.15, 0.2) is 54.9 Å². The topological polar surface area (TPSA) is 93.3 Å². The summed E-state index contributed by atoms with van der Waals surface area (Å²) in [6.45, 7) is 5.31. The summed E-state index contributed by atoms with van der Waals surface area (Å²) in [5, 5.41) is 3.15. The minimum atomic E-state index is -0.444. The highest BCUT2D eigenvalue weighted by Crippen LogP contribution is 2.25. The van der Waals surface area contributed by atoms with Crippen LogP contribution in [0, 0.1) is 13.8 Å². The van der Waals surface area contributed by atoms with E-state index in [1.165, 1.54) is 0 Å². The van der Waals surface area contributed by atoms with Gasteiger partial charge in [-0.15, -0.1) is 0 Å². The zero-order chi connectivity index (χ0) is 21.3. The number of carbonyl (C=O) groups is 2. The maximum absolute atomic E-state index is 13.0. The molecule has 1 aromatic carbocycles. The van der Waals surface area contributed by atoms with Crippen LogP contribution in [-0.4, -0.2) is 40.5 Å². The molecule has 30 heavy (non-hydrogen) atoms. The Labute approximate surface area is 175 Å². The average Bonchev–Trinajstić information content (AvgIpc) is 3.32. The SMILES string of the molecule is Cc1cc(C(=O)NC2CCN(c3ccccc3C(N)=O)C2)c(C)n1-c1cccnc1. The van der Waals surface area contributed by atoms with Gasteiger partial charge in [0.1, 0.15) is 0 Å². The van der Waals surface area contributed by atoms with Crippen molar-refractivity contribution in [1.29, 1.82) is 0 Å². The van der Waals surface area contributed by atoms with Crippen LogP contribution in [0.5, 0.6) is 0 Å². The molecule has 7 nitrogen and oxygen atoms in total. The molecule has 154 valence electrons. The summed E-state index contributed by atoms with van der Waals surface area (Å²) in [5.74, 6) is -0.533. The second-order valence-electron chi connectivity index (χ2n) is 7.62. The maximum Gasteiger partial charge on any atom is 0.253 e. The van der Waals surface area contributed by atoms with E-state index in [1.807, 2.05) is 48.7 Å². The number of aryl methyl sites for hydroxylation is 1. The summed E-state index contributed by atoms with van der Waals surface area (Å²) < 4.78 is 2.03. The number of rotatable bonds is 5. The van der Waals surface area contributed by atoms with Gasteiger partial charge in [-0.25, -0.2) is 0 Å². The van der Waals surface area contributed by atoms with Gasteiger partial charge in [-0.1, -0.05) is 12.1 Å². The Hall–Kier alpha value is -3.61. The molecule has 7 heteroatoms. The molecule has 0 radical (unpaired) electrons. The lowest BCUT2D eigenvalue weighted by Crippen LogP contribution is -2.37. The van der Waals surface area contributed by atoms with Crippen LogP contribution in [0.3, 0.4) is 0 Å². The molecule has 3 N–H and O–H groups in total. The Morgan fingerprint density at radius 2 is 1.93 bits per heavy atom. The number of benzene rings is 1. The number of amides is 2. The third kappa shape index (κ3) is 3.66. The third-order valence-corrected chi connectivity index (χ3v) is 5.61. The molecule has 1 unspecified atom stereocenters. The quantitative estimate of drug-likeness (QED) is 0.685. The summed E-state index contributed by atoms with van der Waals surface area (Å²) >= 11 is 0. The molecule has 1 aliphatic rings. The van der Waals surface area contributed by atoms with Gasteiger partial charge in [0, 0.05) is 42.4 Å². The number of anilines is 1. The lowest BCUT2D eigenvalue weighted by molar-refractivity contribution is 0.0938. The number of aromatic nitrogens is 2. The van der Waals surface area contributed by atoms with Gasteiger partial charge >= 0.3 is 0 Å². The fourth-order valence-electron chi connectivity index (χ4n) is 4.19. The summed E-state index contributed by atoms with van der Waals surface area (Å²) in [6.07, 6.45) is 4.32. The number of nitrogens with one attached hydrogen (secondary N) is 1. The van der Waals surface area contributed by atoms with Gasteiger partial charge in [0.05, 0.1) is 23.0 Å². The number of carbonyl (C=O) groups excluding carboxylic acids is 2. The molecule has 2 amide bonds.